The summed E-state index contributed by atoms with van der Waals surface area (Å²) in [5.74, 6) is 0.229. The molecule has 0 atom stereocenters. The maximum Gasteiger partial charge on any atom is 0.228 e. The first-order chi connectivity index (χ1) is 9.97. The van der Waals surface area contributed by atoms with E-state index >= 15 is 0 Å². The van der Waals surface area contributed by atoms with E-state index in [-0.39, 0.29) is 5.91 Å². The van der Waals surface area contributed by atoms with Gasteiger partial charge in [0.25, 0.3) is 0 Å². The number of likely N-dealkylation sites (tertiary alicyclic amines) is 1. The number of amides is 1. The van der Waals surface area contributed by atoms with Gasteiger partial charge in [0, 0.05) is 32.4 Å². The molecule has 21 heavy (non-hydrogen) atoms. The number of aryl methyl sites for hydroxylation is 1. The van der Waals surface area contributed by atoms with Crippen LogP contribution in [0.25, 0.3) is 0 Å². The summed E-state index contributed by atoms with van der Waals surface area (Å²) >= 11 is 0. The number of aromatic nitrogens is 2. The van der Waals surface area contributed by atoms with Crippen LogP contribution in [0.3, 0.4) is 0 Å². The van der Waals surface area contributed by atoms with Gasteiger partial charge >= 0.3 is 0 Å². The van der Waals surface area contributed by atoms with Crippen molar-refractivity contribution in [1.82, 2.24) is 19.6 Å². The fourth-order valence-corrected chi connectivity index (χ4v) is 3.77. The van der Waals surface area contributed by atoms with Crippen molar-refractivity contribution in [2.75, 3.05) is 27.2 Å². The van der Waals surface area contributed by atoms with Crippen LogP contribution in [0.1, 0.15) is 31.4 Å². The Morgan fingerprint density at radius 1 is 1.38 bits per heavy atom. The number of nitrogens with zero attached hydrogens (tertiary/aromatic N) is 4. The van der Waals surface area contributed by atoms with Crippen LogP contribution in [0, 0.1) is 5.41 Å². The lowest BCUT2D eigenvalue weighted by molar-refractivity contribution is -0.135. The quantitative estimate of drug-likeness (QED) is 0.842. The molecule has 5 heteroatoms. The Kier molecular flexibility index (Phi) is 3.78. The molecular formula is C16H26N4O. The average Bonchev–Trinajstić information content (AvgIpc) is 2.81. The van der Waals surface area contributed by atoms with Crippen LogP contribution in [0.15, 0.2) is 12.3 Å². The van der Waals surface area contributed by atoms with E-state index in [0.29, 0.717) is 11.8 Å². The number of piperidine rings is 1. The van der Waals surface area contributed by atoms with Crippen LogP contribution >= 0.6 is 0 Å². The lowest BCUT2D eigenvalue weighted by atomic mass is 9.60. The van der Waals surface area contributed by atoms with Crippen LogP contribution in [0.4, 0.5) is 0 Å². The van der Waals surface area contributed by atoms with Gasteiger partial charge in [-0.1, -0.05) is 0 Å². The van der Waals surface area contributed by atoms with Crippen molar-refractivity contribution >= 4 is 5.91 Å². The smallest absolute Gasteiger partial charge is 0.228 e. The molecule has 1 saturated heterocycles. The highest BCUT2D eigenvalue weighted by atomic mass is 16.2. The number of carbonyl (C=O) groups is 1. The summed E-state index contributed by atoms with van der Waals surface area (Å²) in [4.78, 5) is 16.7. The molecule has 1 aromatic rings. The third-order valence-corrected chi connectivity index (χ3v) is 5.35. The highest BCUT2D eigenvalue weighted by Gasteiger charge is 2.46. The minimum Gasteiger partial charge on any atom is -0.342 e. The van der Waals surface area contributed by atoms with Crippen LogP contribution in [-0.2, 0) is 18.3 Å². The molecule has 1 amide bonds. The van der Waals surface area contributed by atoms with E-state index in [1.165, 1.54) is 25.7 Å². The molecule has 2 fully saturated rings. The predicted octanol–water partition coefficient (Wildman–Crippen LogP) is 1.30. The first kappa shape index (κ1) is 14.6. The van der Waals surface area contributed by atoms with Crippen molar-refractivity contribution in [2.45, 2.75) is 38.1 Å². The topological polar surface area (TPSA) is 41.4 Å². The number of carbonyl (C=O) groups excluding carboxylic acids is 1. The van der Waals surface area contributed by atoms with Gasteiger partial charge in [-0.15, -0.1) is 0 Å². The summed E-state index contributed by atoms with van der Waals surface area (Å²) in [5.41, 5.74) is 1.40. The van der Waals surface area contributed by atoms with Crippen LogP contribution in [-0.4, -0.2) is 58.7 Å². The zero-order valence-corrected chi connectivity index (χ0v) is 13.4. The van der Waals surface area contributed by atoms with Gasteiger partial charge in [-0.3, -0.25) is 9.48 Å². The maximum atomic E-state index is 12.3. The summed E-state index contributed by atoms with van der Waals surface area (Å²) in [6, 6.07) is 2.68. The lowest BCUT2D eigenvalue weighted by Crippen LogP contribution is -2.54. The summed E-state index contributed by atoms with van der Waals surface area (Å²) in [6.07, 6.45) is 7.29. The predicted molar refractivity (Wildman–Crippen MR) is 81.9 cm³/mol. The SMILES string of the molecule is CN(C)C1CC2(CCN(C(=O)Cc3ccn(C)n3)CC2)C1. The Labute approximate surface area is 126 Å². The minimum atomic E-state index is 0.229. The molecule has 2 heterocycles. The second kappa shape index (κ2) is 5.44. The number of hydrogen-bond donors (Lipinski definition) is 0. The number of hydrogen-bond acceptors (Lipinski definition) is 3. The standard InChI is InChI=1S/C16H26N4O/c1-18(2)14-11-16(12-14)5-8-20(9-6-16)15(21)10-13-4-7-19(3)17-13/h4,7,14H,5-6,8-12H2,1-3H3. The summed E-state index contributed by atoms with van der Waals surface area (Å²) < 4.78 is 1.75. The van der Waals surface area contributed by atoms with E-state index in [4.69, 9.17) is 0 Å². The zero-order valence-electron chi connectivity index (χ0n) is 13.4. The Bertz CT molecular complexity index is 506. The first-order valence-electron chi connectivity index (χ1n) is 7.90. The fourth-order valence-electron chi connectivity index (χ4n) is 3.77. The molecule has 1 saturated carbocycles. The van der Waals surface area contributed by atoms with Crippen molar-refractivity contribution in [3.05, 3.63) is 18.0 Å². The summed E-state index contributed by atoms with van der Waals surface area (Å²) in [6.45, 7) is 1.84. The van der Waals surface area contributed by atoms with Gasteiger partial charge in [0.05, 0.1) is 12.1 Å². The van der Waals surface area contributed by atoms with Gasteiger partial charge in [0.15, 0.2) is 0 Å². The van der Waals surface area contributed by atoms with Gasteiger partial charge in [-0.25, -0.2) is 0 Å². The van der Waals surface area contributed by atoms with E-state index in [1.54, 1.807) is 4.68 Å². The van der Waals surface area contributed by atoms with Crippen molar-refractivity contribution in [1.29, 1.82) is 0 Å². The monoisotopic (exact) mass is 290 g/mol. The van der Waals surface area contributed by atoms with Gasteiger partial charge in [0.2, 0.25) is 5.91 Å². The number of rotatable bonds is 3. The lowest BCUT2D eigenvalue weighted by Gasteiger charge is -2.54. The minimum absolute atomic E-state index is 0.229. The second-order valence-electron chi connectivity index (χ2n) is 7.06. The third kappa shape index (κ3) is 2.98. The Balaban J connectivity index is 1.49. The molecule has 1 aromatic heterocycles. The molecule has 1 spiro atoms. The van der Waals surface area contributed by atoms with E-state index in [0.717, 1.165) is 24.8 Å². The largest absolute Gasteiger partial charge is 0.342 e. The van der Waals surface area contributed by atoms with Gasteiger partial charge in [-0.2, -0.15) is 5.10 Å². The molecule has 0 aromatic carbocycles. The van der Waals surface area contributed by atoms with E-state index < -0.39 is 0 Å². The molecule has 0 N–H and O–H groups in total. The summed E-state index contributed by atoms with van der Waals surface area (Å²) in [7, 11) is 6.22. The van der Waals surface area contributed by atoms with Crippen LogP contribution in [0.5, 0.6) is 0 Å². The molecular weight excluding hydrogens is 264 g/mol. The average molecular weight is 290 g/mol. The molecule has 2 aliphatic rings. The van der Waals surface area contributed by atoms with E-state index in [9.17, 15) is 4.79 Å². The molecule has 0 unspecified atom stereocenters. The molecule has 0 radical (unpaired) electrons. The maximum absolute atomic E-state index is 12.3. The van der Waals surface area contributed by atoms with E-state index in [1.807, 2.05) is 24.2 Å². The van der Waals surface area contributed by atoms with Gasteiger partial charge in [0.1, 0.15) is 0 Å². The van der Waals surface area contributed by atoms with Crippen LogP contribution < -0.4 is 0 Å². The molecule has 5 nitrogen and oxygen atoms in total. The fraction of sp³-hybridized carbons (Fsp3) is 0.750. The van der Waals surface area contributed by atoms with Gasteiger partial charge in [-0.05, 0) is 51.3 Å². The van der Waals surface area contributed by atoms with Crippen molar-refractivity contribution in [3.8, 4) is 0 Å². The highest BCUT2D eigenvalue weighted by molar-refractivity contribution is 5.78. The molecule has 1 aliphatic heterocycles. The Morgan fingerprint density at radius 3 is 2.57 bits per heavy atom. The summed E-state index contributed by atoms with van der Waals surface area (Å²) in [5, 5.41) is 4.29. The molecule has 3 rings (SSSR count). The zero-order chi connectivity index (χ0) is 15.0. The highest BCUT2D eigenvalue weighted by Crippen LogP contribution is 2.50. The van der Waals surface area contributed by atoms with Gasteiger partial charge < -0.3 is 9.80 Å². The van der Waals surface area contributed by atoms with Crippen molar-refractivity contribution in [3.63, 3.8) is 0 Å². The van der Waals surface area contributed by atoms with Crippen LogP contribution in [0.2, 0.25) is 0 Å². The first-order valence-corrected chi connectivity index (χ1v) is 7.90. The Hall–Kier alpha value is -1.36. The molecule has 1 aliphatic carbocycles. The Morgan fingerprint density at radius 2 is 2.05 bits per heavy atom. The second-order valence-corrected chi connectivity index (χ2v) is 7.06. The van der Waals surface area contributed by atoms with Crippen molar-refractivity contribution in [2.24, 2.45) is 12.5 Å². The van der Waals surface area contributed by atoms with E-state index in [2.05, 4.69) is 24.1 Å². The normalized spacial score (nSPS) is 21.8. The molecule has 0 bridgehead atoms. The van der Waals surface area contributed by atoms with Crippen molar-refractivity contribution < 1.29 is 4.79 Å². The molecule has 116 valence electrons. The third-order valence-electron chi connectivity index (χ3n) is 5.35.